The predicted octanol–water partition coefficient (Wildman–Crippen LogP) is 3.23. The molecule has 0 aliphatic rings. The number of rotatable bonds is 10. The van der Waals surface area contributed by atoms with Crippen molar-refractivity contribution in [3.8, 4) is 0 Å². The van der Waals surface area contributed by atoms with Crippen molar-refractivity contribution in [2.24, 2.45) is 0 Å². The van der Waals surface area contributed by atoms with Crippen LogP contribution in [0, 0.1) is 0 Å². The molecule has 0 saturated heterocycles. The van der Waals surface area contributed by atoms with Crippen LogP contribution < -0.4 is 0 Å². The van der Waals surface area contributed by atoms with Gasteiger partial charge in [0.15, 0.2) is 0 Å². The summed E-state index contributed by atoms with van der Waals surface area (Å²) in [6.07, 6.45) is 3.99. The van der Waals surface area contributed by atoms with Crippen molar-refractivity contribution in [2.75, 3.05) is 32.7 Å². The highest BCUT2D eigenvalue weighted by atomic mass is 15.2. The first-order valence-electron chi connectivity index (χ1n) is 7.19. The van der Waals surface area contributed by atoms with E-state index in [4.69, 9.17) is 0 Å². The largest absolute Gasteiger partial charge is 0.304 e. The smallest absolute Gasteiger partial charge is 0.0107 e. The Morgan fingerprint density at radius 1 is 0.750 bits per heavy atom. The van der Waals surface area contributed by atoms with Crippen molar-refractivity contribution in [1.29, 1.82) is 0 Å². The highest BCUT2D eigenvalue weighted by molar-refractivity contribution is 4.71. The van der Waals surface area contributed by atoms with Crippen LogP contribution in [0.5, 0.6) is 0 Å². The summed E-state index contributed by atoms with van der Waals surface area (Å²) in [4.78, 5) is 5.15. The van der Waals surface area contributed by atoms with Gasteiger partial charge in [-0.25, -0.2) is 0 Å². The quantitative estimate of drug-likeness (QED) is 0.566. The fraction of sp³-hybridized carbons (Fsp3) is 1.00. The highest BCUT2D eigenvalue weighted by Gasteiger charge is 2.15. The van der Waals surface area contributed by atoms with Gasteiger partial charge in [0.25, 0.3) is 0 Å². The van der Waals surface area contributed by atoms with E-state index in [0.29, 0.717) is 0 Å². The molecule has 1 unspecified atom stereocenters. The van der Waals surface area contributed by atoms with E-state index in [0.717, 1.165) is 6.04 Å². The third-order valence-corrected chi connectivity index (χ3v) is 3.62. The SMILES string of the molecule is CCCC(CCN(CC)CC)N(CC)CC. The van der Waals surface area contributed by atoms with E-state index in [-0.39, 0.29) is 0 Å². The highest BCUT2D eigenvalue weighted by Crippen LogP contribution is 2.11. The van der Waals surface area contributed by atoms with Gasteiger partial charge in [0.1, 0.15) is 0 Å². The zero-order valence-corrected chi connectivity index (χ0v) is 12.1. The molecule has 0 amide bonds. The fourth-order valence-corrected chi connectivity index (χ4v) is 2.45. The van der Waals surface area contributed by atoms with E-state index < -0.39 is 0 Å². The Kier molecular flexibility index (Phi) is 10.0. The lowest BCUT2D eigenvalue weighted by Crippen LogP contribution is -2.38. The maximum atomic E-state index is 2.62. The standard InChI is InChI=1S/C14H32N2/c1-6-11-14(16(9-4)10-5)12-13-15(7-2)8-3/h14H,6-13H2,1-5H3. The molecule has 0 aliphatic carbocycles. The monoisotopic (exact) mass is 228 g/mol. The summed E-state index contributed by atoms with van der Waals surface area (Å²) in [5.74, 6) is 0. The second kappa shape index (κ2) is 10.1. The molecule has 0 rings (SSSR count). The van der Waals surface area contributed by atoms with Crippen LogP contribution in [0.3, 0.4) is 0 Å². The number of hydrogen-bond donors (Lipinski definition) is 0. The van der Waals surface area contributed by atoms with E-state index in [2.05, 4.69) is 44.4 Å². The summed E-state index contributed by atoms with van der Waals surface area (Å²) >= 11 is 0. The molecule has 0 spiro atoms. The van der Waals surface area contributed by atoms with Crippen LogP contribution >= 0.6 is 0 Å². The molecule has 0 saturated carbocycles. The van der Waals surface area contributed by atoms with Crippen LogP contribution in [0.25, 0.3) is 0 Å². The van der Waals surface area contributed by atoms with Gasteiger partial charge >= 0.3 is 0 Å². The van der Waals surface area contributed by atoms with E-state index >= 15 is 0 Å². The van der Waals surface area contributed by atoms with Crippen molar-refractivity contribution in [2.45, 2.75) is 59.9 Å². The van der Waals surface area contributed by atoms with Crippen LogP contribution in [0.15, 0.2) is 0 Å². The van der Waals surface area contributed by atoms with Gasteiger partial charge in [-0.2, -0.15) is 0 Å². The van der Waals surface area contributed by atoms with Gasteiger partial charge < -0.3 is 9.80 Å². The first kappa shape index (κ1) is 15.9. The molecule has 0 heterocycles. The Morgan fingerprint density at radius 3 is 1.69 bits per heavy atom. The molecule has 98 valence electrons. The van der Waals surface area contributed by atoms with Gasteiger partial charge in [-0.05, 0) is 45.6 Å². The van der Waals surface area contributed by atoms with Crippen LogP contribution in [-0.4, -0.2) is 48.6 Å². The maximum Gasteiger partial charge on any atom is 0.0107 e. The molecule has 1 atom stereocenters. The Morgan fingerprint density at radius 2 is 1.31 bits per heavy atom. The summed E-state index contributed by atoms with van der Waals surface area (Å²) in [6.45, 7) is 17.4. The first-order chi connectivity index (χ1) is 7.73. The summed E-state index contributed by atoms with van der Waals surface area (Å²) in [5, 5.41) is 0. The van der Waals surface area contributed by atoms with Crippen molar-refractivity contribution in [3.05, 3.63) is 0 Å². The van der Waals surface area contributed by atoms with Gasteiger partial charge in [0.05, 0.1) is 0 Å². The lowest BCUT2D eigenvalue weighted by molar-refractivity contribution is 0.171. The minimum Gasteiger partial charge on any atom is -0.304 e. The molecular formula is C14H32N2. The third-order valence-electron chi connectivity index (χ3n) is 3.62. The van der Waals surface area contributed by atoms with Crippen molar-refractivity contribution in [1.82, 2.24) is 9.80 Å². The Balaban J connectivity index is 4.10. The van der Waals surface area contributed by atoms with Gasteiger partial charge in [-0.1, -0.05) is 41.0 Å². The second-order valence-corrected chi connectivity index (χ2v) is 4.48. The molecule has 0 aromatic rings. The predicted molar refractivity (Wildman–Crippen MR) is 74.0 cm³/mol. The van der Waals surface area contributed by atoms with E-state index in [1.54, 1.807) is 0 Å². The fourth-order valence-electron chi connectivity index (χ4n) is 2.45. The molecular weight excluding hydrogens is 196 g/mol. The van der Waals surface area contributed by atoms with Crippen LogP contribution in [0.4, 0.5) is 0 Å². The minimum atomic E-state index is 0.792. The number of hydrogen-bond acceptors (Lipinski definition) is 2. The minimum absolute atomic E-state index is 0.792. The summed E-state index contributed by atoms with van der Waals surface area (Å²) in [6, 6.07) is 0.792. The molecule has 2 nitrogen and oxygen atoms in total. The van der Waals surface area contributed by atoms with Crippen LogP contribution in [-0.2, 0) is 0 Å². The molecule has 0 N–H and O–H groups in total. The molecule has 0 aliphatic heterocycles. The van der Waals surface area contributed by atoms with Gasteiger partial charge in [-0.3, -0.25) is 0 Å². The molecule has 0 radical (unpaired) electrons. The first-order valence-corrected chi connectivity index (χ1v) is 7.19. The van der Waals surface area contributed by atoms with Crippen molar-refractivity contribution < 1.29 is 0 Å². The molecule has 0 fully saturated rings. The normalized spacial score (nSPS) is 13.7. The average Bonchev–Trinajstić information content (AvgIpc) is 2.31. The number of nitrogens with zero attached hydrogens (tertiary/aromatic N) is 2. The zero-order valence-electron chi connectivity index (χ0n) is 12.1. The topological polar surface area (TPSA) is 6.48 Å². The lowest BCUT2D eigenvalue weighted by Gasteiger charge is -2.31. The summed E-state index contributed by atoms with van der Waals surface area (Å²) < 4.78 is 0. The van der Waals surface area contributed by atoms with Crippen molar-refractivity contribution in [3.63, 3.8) is 0 Å². The molecule has 0 bridgehead atoms. The molecule has 16 heavy (non-hydrogen) atoms. The van der Waals surface area contributed by atoms with Crippen LogP contribution in [0.2, 0.25) is 0 Å². The van der Waals surface area contributed by atoms with Gasteiger partial charge in [-0.15, -0.1) is 0 Å². The van der Waals surface area contributed by atoms with E-state index in [1.807, 2.05) is 0 Å². The Hall–Kier alpha value is -0.0800. The lowest BCUT2D eigenvalue weighted by atomic mass is 10.1. The summed E-state index contributed by atoms with van der Waals surface area (Å²) in [7, 11) is 0. The second-order valence-electron chi connectivity index (χ2n) is 4.48. The Labute approximate surface area is 103 Å². The zero-order chi connectivity index (χ0) is 12.4. The van der Waals surface area contributed by atoms with Crippen molar-refractivity contribution >= 4 is 0 Å². The average molecular weight is 228 g/mol. The molecule has 0 aromatic heterocycles. The van der Waals surface area contributed by atoms with E-state index in [1.165, 1.54) is 52.0 Å². The third kappa shape index (κ3) is 5.86. The summed E-state index contributed by atoms with van der Waals surface area (Å²) in [5.41, 5.74) is 0. The maximum absolute atomic E-state index is 2.62. The van der Waals surface area contributed by atoms with Crippen LogP contribution in [0.1, 0.15) is 53.9 Å². The van der Waals surface area contributed by atoms with E-state index in [9.17, 15) is 0 Å². The Bertz CT molecular complexity index is 140. The molecule has 2 heteroatoms. The van der Waals surface area contributed by atoms with Gasteiger partial charge in [0, 0.05) is 6.04 Å². The van der Waals surface area contributed by atoms with Gasteiger partial charge in [0.2, 0.25) is 0 Å². The molecule has 0 aromatic carbocycles.